The Balaban J connectivity index is 1.45. The lowest BCUT2D eigenvalue weighted by Crippen LogP contribution is -2.63. The quantitative estimate of drug-likeness (QED) is 0.149. The van der Waals surface area contributed by atoms with Crippen LogP contribution in [0.2, 0.25) is 0 Å². The number of halogens is 1. The van der Waals surface area contributed by atoms with Crippen LogP contribution >= 0.6 is 0 Å². The number of pyridine rings is 2. The fraction of sp³-hybridized carbons (Fsp3) is 0.381. The minimum Gasteiger partial charge on any atom is -0.207 e. The molecule has 2 aromatic heterocycles. The Bertz CT molecular complexity index is 1930. The number of aryl methyl sites for hydroxylation is 3. The third-order valence-corrected chi connectivity index (χ3v) is 11.5. The van der Waals surface area contributed by atoms with Crippen LogP contribution in [0.15, 0.2) is 85.2 Å². The second-order valence-electron chi connectivity index (χ2n) is 14.0. The van der Waals surface area contributed by atoms with Gasteiger partial charge in [-0.2, -0.15) is 9.13 Å². The van der Waals surface area contributed by atoms with Crippen LogP contribution in [-0.4, -0.2) is 0 Å². The zero-order valence-electron chi connectivity index (χ0n) is 27.9. The lowest BCUT2D eigenvalue weighted by Gasteiger charge is -2.44. The van der Waals surface area contributed by atoms with Crippen LogP contribution < -0.4 is 9.13 Å². The van der Waals surface area contributed by atoms with Gasteiger partial charge in [0.25, 0.3) is 0 Å². The molecule has 0 radical (unpaired) electrons. The molecular formula is C42H47FN2+2. The van der Waals surface area contributed by atoms with Gasteiger partial charge in [-0.1, -0.05) is 77.4 Å². The molecule has 0 fully saturated rings. The first-order valence-electron chi connectivity index (χ1n) is 17.2. The molecule has 5 aromatic rings. The number of hydrogen-bond donors (Lipinski definition) is 0. The second kappa shape index (κ2) is 11.2. The van der Waals surface area contributed by atoms with Crippen molar-refractivity contribution < 1.29 is 13.5 Å². The van der Waals surface area contributed by atoms with Gasteiger partial charge in [0.15, 0.2) is 17.9 Å². The van der Waals surface area contributed by atoms with E-state index in [0.717, 1.165) is 43.4 Å². The monoisotopic (exact) mass is 598 g/mol. The van der Waals surface area contributed by atoms with Crippen LogP contribution in [0.5, 0.6) is 0 Å². The highest BCUT2D eigenvalue weighted by molar-refractivity contribution is 6.02. The van der Waals surface area contributed by atoms with E-state index in [0.29, 0.717) is 0 Å². The van der Waals surface area contributed by atoms with Crippen molar-refractivity contribution in [2.75, 3.05) is 0 Å². The van der Waals surface area contributed by atoms with Gasteiger partial charge in [0, 0.05) is 54.0 Å². The summed E-state index contributed by atoms with van der Waals surface area (Å²) in [6, 6.07) is 26.1. The predicted octanol–water partition coefficient (Wildman–Crippen LogP) is 9.88. The summed E-state index contributed by atoms with van der Waals surface area (Å²) in [6.07, 6.45) is 11.0. The summed E-state index contributed by atoms with van der Waals surface area (Å²) in [4.78, 5) is 0. The van der Waals surface area contributed by atoms with E-state index in [2.05, 4.69) is 130 Å². The molecule has 0 saturated heterocycles. The van der Waals surface area contributed by atoms with Gasteiger partial charge < -0.3 is 0 Å². The lowest BCUT2D eigenvalue weighted by atomic mass is 9.62. The molecule has 1 aliphatic carbocycles. The molecule has 1 aliphatic heterocycles. The van der Waals surface area contributed by atoms with Gasteiger partial charge in [-0.05, 0) is 65.6 Å². The van der Waals surface area contributed by atoms with Gasteiger partial charge in [-0.15, -0.1) is 0 Å². The van der Waals surface area contributed by atoms with Gasteiger partial charge in [-0.25, -0.2) is 4.39 Å². The van der Waals surface area contributed by atoms with Gasteiger partial charge >= 0.3 is 0 Å². The molecule has 1 unspecified atom stereocenters. The third kappa shape index (κ3) is 4.33. The second-order valence-corrected chi connectivity index (χ2v) is 14.0. The number of benzene rings is 3. The molecule has 2 aliphatic rings. The zero-order chi connectivity index (χ0) is 31.5. The maximum Gasteiger partial charge on any atom is 0.221 e. The van der Waals surface area contributed by atoms with Gasteiger partial charge in [0.1, 0.15) is 12.4 Å². The Labute approximate surface area is 268 Å². The Morgan fingerprint density at radius 2 is 1.62 bits per heavy atom. The van der Waals surface area contributed by atoms with E-state index in [1.165, 1.54) is 62.8 Å². The largest absolute Gasteiger partial charge is 0.221 e. The molecule has 0 spiro atoms. The van der Waals surface area contributed by atoms with E-state index in [1.54, 1.807) is 6.07 Å². The summed E-state index contributed by atoms with van der Waals surface area (Å²) in [5, 5.41) is 2.70. The summed E-state index contributed by atoms with van der Waals surface area (Å²) < 4.78 is 21.3. The number of nitrogens with zero attached hydrogens (tertiary/aromatic N) is 2. The third-order valence-electron chi connectivity index (χ3n) is 11.5. The predicted molar refractivity (Wildman–Crippen MR) is 183 cm³/mol. The summed E-state index contributed by atoms with van der Waals surface area (Å²) in [6.45, 7) is 14.5. The number of hydrogen-bond acceptors (Lipinski definition) is 0. The van der Waals surface area contributed by atoms with Crippen molar-refractivity contribution in [1.29, 1.82) is 0 Å². The zero-order valence-corrected chi connectivity index (χ0v) is 27.9. The van der Waals surface area contributed by atoms with Crippen molar-refractivity contribution in [3.05, 3.63) is 119 Å². The van der Waals surface area contributed by atoms with Crippen LogP contribution in [0.25, 0.3) is 33.3 Å². The van der Waals surface area contributed by atoms with Crippen LogP contribution in [0.1, 0.15) is 100 Å². The minimum atomic E-state index is -0.432. The molecule has 45 heavy (non-hydrogen) atoms. The van der Waals surface area contributed by atoms with E-state index in [9.17, 15) is 0 Å². The fourth-order valence-corrected chi connectivity index (χ4v) is 9.07. The lowest BCUT2D eigenvalue weighted by molar-refractivity contribution is -0.764. The molecule has 0 bridgehead atoms. The van der Waals surface area contributed by atoms with E-state index in [1.807, 2.05) is 0 Å². The smallest absolute Gasteiger partial charge is 0.207 e. The molecule has 3 heterocycles. The molecular weight excluding hydrogens is 551 g/mol. The fourth-order valence-electron chi connectivity index (χ4n) is 9.07. The van der Waals surface area contributed by atoms with E-state index in [-0.39, 0.29) is 17.3 Å². The number of unbranched alkanes of at least 4 members (excludes halogenated alkanes) is 1. The number of aromatic nitrogens is 2. The van der Waals surface area contributed by atoms with Crippen LogP contribution in [0, 0.1) is 12.7 Å². The van der Waals surface area contributed by atoms with Crippen LogP contribution in [-0.2, 0) is 23.9 Å². The minimum absolute atomic E-state index is 0.0819. The Morgan fingerprint density at radius 3 is 2.38 bits per heavy atom. The molecule has 0 saturated carbocycles. The molecule has 3 heteroatoms. The van der Waals surface area contributed by atoms with Gasteiger partial charge in [0.05, 0.1) is 16.9 Å². The highest BCUT2D eigenvalue weighted by Crippen LogP contribution is 2.56. The first kappa shape index (κ1) is 29.8. The Morgan fingerprint density at radius 1 is 0.844 bits per heavy atom. The standard InChI is InChI=1S/C42H47FN2/c1-7-10-16-29-19-21-34-37-31(29)23-27-45-40(37)38-32(20-22-35(43)39(38)41(34,5)6)33(42(45,8-2)9-3)24-26-44-25-14-13-18-36(44)30-17-12-11-15-28(30)4/h11-15,17-23,25,27,33H,7-10,16,24,26H2,1-6H3/q+2. The number of rotatable bonds is 9. The molecule has 3 aromatic carbocycles. The van der Waals surface area contributed by atoms with Gasteiger partial charge in [-0.3, -0.25) is 0 Å². The highest BCUT2D eigenvalue weighted by atomic mass is 19.1. The summed E-state index contributed by atoms with van der Waals surface area (Å²) in [5.41, 5.74) is 10.5. The van der Waals surface area contributed by atoms with Crippen molar-refractivity contribution in [3.63, 3.8) is 0 Å². The summed E-state index contributed by atoms with van der Waals surface area (Å²) in [5.74, 6) is 0.163. The Hall–Kier alpha value is -3.85. The molecule has 1 atom stereocenters. The molecule has 0 amide bonds. The SMILES string of the molecule is CCCCc1ccc2c3c4[n+](ccc13)C(CC)(CC)C(CC[n+]1ccccc1-c1ccccc1C)c1ccc(F)c(c1-4)C2(C)C. The van der Waals surface area contributed by atoms with Crippen molar-refractivity contribution in [2.45, 2.75) is 103 Å². The molecule has 2 nitrogen and oxygen atoms in total. The van der Waals surface area contributed by atoms with Crippen LogP contribution in [0.4, 0.5) is 4.39 Å². The van der Waals surface area contributed by atoms with Crippen molar-refractivity contribution in [3.8, 4) is 22.5 Å². The molecule has 0 N–H and O–H groups in total. The topological polar surface area (TPSA) is 7.76 Å². The highest BCUT2D eigenvalue weighted by Gasteiger charge is 2.55. The normalized spacial score (nSPS) is 17.1. The van der Waals surface area contributed by atoms with Crippen molar-refractivity contribution in [2.24, 2.45) is 0 Å². The summed E-state index contributed by atoms with van der Waals surface area (Å²) >= 11 is 0. The molecule has 7 rings (SSSR count). The average molecular weight is 599 g/mol. The Kier molecular flexibility index (Phi) is 7.42. The van der Waals surface area contributed by atoms with E-state index < -0.39 is 5.41 Å². The first-order valence-corrected chi connectivity index (χ1v) is 17.2. The van der Waals surface area contributed by atoms with E-state index >= 15 is 4.39 Å². The molecule has 230 valence electrons. The average Bonchev–Trinajstić information content (AvgIpc) is 3.05. The van der Waals surface area contributed by atoms with Crippen LogP contribution in [0.3, 0.4) is 0 Å². The van der Waals surface area contributed by atoms with E-state index in [4.69, 9.17) is 0 Å². The maximum absolute atomic E-state index is 16.2. The van der Waals surface area contributed by atoms with Gasteiger partial charge in [0.2, 0.25) is 11.4 Å². The first-order chi connectivity index (χ1) is 21.8. The summed E-state index contributed by atoms with van der Waals surface area (Å²) in [7, 11) is 0. The maximum atomic E-state index is 16.2. The van der Waals surface area contributed by atoms with Crippen molar-refractivity contribution >= 4 is 10.8 Å². The van der Waals surface area contributed by atoms with Crippen molar-refractivity contribution in [1.82, 2.24) is 0 Å².